The van der Waals surface area contributed by atoms with Crippen molar-refractivity contribution in [1.82, 2.24) is 24.8 Å². The molecule has 3 aromatic rings. The van der Waals surface area contributed by atoms with E-state index in [1.165, 1.54) is 0 Å². The Hall–Kier alpha value is -3.30. The van der Waals surface area contributed by atoms with E-state index in [9.17, 15) is 0 Å². The van der Waals surface area contributed by atoms with Crippen molar-refractivity contribution in [3.05, 3.63) is 42.5 Å². The van der Waals surface area contributed by atoms with Gasteiger partial charge >= 0.3 is 0 Å². The summed E-state index contributed by atoms with van der Waals surface area (Å²) < 4.78 is 5.53. The number of nitrogens with zero attached hydrogens (tertiary/aromatic N) is 6. The molecule has 1 fully saturated rings. The van der Waals surface area contributed by atoms with Crippen LogP contribution < -0.4 is 10.6 Å². The molecule has 3 N–H and O–H groups in total. The van der Waals surface area contributed by atoms with Crippen molar-refractivity contribution in [1.29, 1.82) is 0 Å². The molecule has 1 aliphatic heterocycles. The monoisotopic (exact) mass is 434 g/mol. The molecule has 0 aliphatic carbocycles. The number of pyridine rings is 1. The van der Waals surface area contributed by atoms with Crippen molar-refractivity contribution in [2.24, 2.45) is 10.7 Å². The van der Waals surface area contributed by atoms with Crippen LogP contribution in [0.15, 0.2) is 41.9 Å². The Morgan fingerprint density at radius 2 is 2.00 bits per heavy atom. The third kappa shape index (κ3) is 4.49. The van der Waals surface area contributed by atoms with Gasteiger partial charge in [-0.2, -0.15) is 0 Å². The van der Waals surface area contributed by atoms with Crippen LogP contribution in [0.5, 0.6) is 0 Å². The number of morpholine rings is 1. The molecule has 0 aromatic carbocycles. The first kappa shape index (κ1) is 21.9. The Morgan fingerprint density at radius 1 is 1.25 bits per heavy atom. The van der Waals surface area contributed by atoms with Gasteiger partial charge in [-0.1, -0.05) is 0 Å². The summed E-state index contributed by atoms with van der Waals surface area (Å²) in [7, 11) is 4.05. The zero-order valence-electron chi connectivity index (χ0n) is 18.9. The summed E-state index contributed by atoms with van der Waals surface area (Å²) in [6, 6.07) is 3.92. The van der Waals surface area contributed by atoms with Gasteiger partial charge in [0.15, 0.2) is 0 Å². The summed E-state index contributed by atoms with van der Waals surface area (Å²) in [4.78, 5) is 26.4. The minimum atomic E-state index is 0.663. The van der Waals surface area contributed by atoms with Crippen LogP contribution in [-0.4, -0.2) is 84.0 Å². The number of hydrogen-bond donors (Lipinski definition) is 2. The molecule has 0 spiro atoms. The maximum absolute atomic E-state index is 6.14. The highest BCUT2D eigenvalue weighted by Crippen LogP contribution is 2.32. The Bertz CT molecular complexity index is 1110. The van der Waals surface area contributed by atoms with E-state index in [4.69, 9.17) is 25.4 Å². The van der Waals surface area contributed by atoms with E-state index in [1.807, 2.05) is 39.3 Å². The predicted octanol–water partition coefficient (Wildman–Crippen LogP) is 2.18. The molecule has 0 radical (unpaired) electrons. The number of nitrogens with two attached hydrogens (primary N) is 1. The van der Waals surface area contributed by atoms with Crippen LogP contribution in [0.25, 0.3) is 27.9 Å². The molecule has 0 bridgehead atoms. The first-order chi connectivity index (χ1) is 15.6. The Morgan fingerprint density at radius 3 is 2.66 bits per heavy atom. The number of anilines is 1. The van der Waals surface area contributed by atoms with Gasteiger partial charge in [0.25, 0.3) is 0 Å². The van der Waals surface area contributed by atoms with E-state index in [2.05, 4.69) is 19.8 Å². The van der Waals surface area contributed by atoms with Crippen molar-refractivity contribution < 1.29 is 4.74 Å². The standard InChI is InChI=1S/C23H30N8O/c1-4-26-19(15-30(2)3)17(13-24)18-14-27-22-20(16-5-7-25-8-6-16)28-23(29-21(18)22)31-9-11-32-12-10-31/h5-8,13-14,27H,4,9-12,15,24H2,1-3H3/b17-13-,26-19?. The second-order valence-corrected chi connectivity index (χ2v) is 7.87. The lowest BCUT2D eigenvalue weighted by molar-refractivity contribution is 0.122. The fourth-order valence-corrected chi connectivity index (χ4v) is 3.87. The smallest absolute Gasteiger partial charge is 0.226 e. The van der Waals surface area contributed by atoms with Crippen LogP contribution in [0.2, 0.25) is 0 Å². The number of fused-ring (bicyclic) bond motifs is 1. The minimum Gasteiger partial charge on any atom is -0.404 e. The van der Waals surface area contributed by atoms with Gasteiger partial charge in [-0.25, -0.2) is 9.97 Å². The molecule has 4 heterocycles. The average Bonchev–Trinajstić information content (AvgIpc) is 3.24. The SMILES string of the molecule is CCN=C(CN(C)C)/C(=C\N)c1c[nH]c2c(-c3ccncc3)nc(N3CCOCC3)nc12. The molecule has 0 saturated carbocycles. The van der Waals surface area contributed by atoms with Gasteiger partial charge < -0.3 is 25.3 Å². The molecular formula is C23H30N8O. The van der Waals surface area contributed by atoms with Gasteiger partial charge in [0.2, 0.25) is 5.95 Å². The maximum Gasteiger partial charge on any atom is 0.226 e. The van der Waals surface area contributed by atoms with E-state index in [0.717, 1.165) is 52.2 Å². The first-order valence-corrected chi connectivity index (χ1v) is 10.8. The largest absolute Gasteiger partial charge is 0.404 e. The van der Waals surface area contributed by atoms with Crippen LogP contribution in [0, 0.1) is 0 Å². The number of ether oxygens (including phenoxy) is 1. The molecule has 32 heavy (non-hydrogen) atoms. The molecule has 1 aliphatic rings. The van der Waals surface area contributed by atoms with Gasteiger partial charge in [0.05, 0.1) is 24.4 Å². The van der Waals surface area contributed by atoms with Crippen LogP contribution in [0.3, 0.4) is 0 Å². The third-order valence-corrected chi connectivity index (χ3v) is 5.34. The molecule has 9 nitrogen and oxygen atoms in total. The highest BCUT2D eigenvalue weighted by molar-refractivity contribution is 6.27. The van der Waals surface area contributed by atoms with Gasteiger partial charge in [-0.05, 0) is 33.2 Å². The van der Waals surface area contributed by atoms with Gasteiger partial charge in [-0.15, -0.1) is 0 Å². The van der Waals surface area contributed by atoms with Crippen molar-refractivity contribution in [2.75, 3.05) is 58.4 Å². The number of aliphatic imine (C=N–C) groups is 1. The summed E-state index contributed by atoms with van der Waals surface area (Å²) >= 11 is 0. The second kappa shape index (κ2) is 9.88. The quantitative estimate of drug-likeness (QED) is 0.549. The molecule has 0 unspecified atom stereocenters. The van der Waals surface area contributed by atoms with E-state index in [-0.39, 0.29) is 0 Å². The van der Waals surface area contributed by atoms with Crippen LogP contribution >= 0.6 is 0 Å². The molecule has 0 atom stereocenters. The lowest BCUT2D eigenvalue weighted by Crippen LogP contribution is -2.37. The van der Waals surface area contributed by atoms with Gasteiger partial charge in [0, 0.05) is 67.7 Å². The topological polar surface area (TPSA) is 109 Å². The van der Waals surface area contributed by atoms with Crippen LogP contribution in [0.1, 0.15) is 12.5 Å². The number of H-pyrrole nitrogens is 1. The second-order valence-electron chi connectivity index (χ2n) is 7.87. The fourth-order valence-electron chi connectivity index (χ4n) is 3.87. The Balaban J connectivity index is 1.90. The first-order valence-electron chi connectivity index (χ1n) is 10.8. The summed E-state index contributed by atoms with van der Waals surface area (Å²) in [6.45, 7) is 6.22. The number of rotatable bonds is 7. The Labute approximate surface area is 188 Å². The lowest BCUT2D eigenvalue weighted by Gasteiger charge is -2.27. The molecule has 4 rings (SSSR count). The summed E-state index contributed by atoms with van der Waals surface area (Å²) in [6.07, 6.45) is 7.13. The van der Waals surface area contributed by atoms with Crippen LogP contribution in [-0.2, 0) is 4.74 Å². The van der Waals surface area contributed by atoms with Gasteiger partial charge in [-0.3, -0.25) is 9.98 Å². The summed E-state index contributed by atoms with van der Waals surface area (Å²) in [5.74, 6) is 0.687. The normalized spacial score (nSPS) is 15.7. The van der Waals surface area contributed by atoms with Crippen LogP contribution in [0.4, 0.5) is 5.95 Å². The summed E-state index contributed by atoms with van der Waals surface area (Å²) in [5, 5.41) is 0. The molecule has 9 heteroatoms. The number of aromatic nitrogens is 4. The molecule has 0 amide bonds. The van der Waals surface area contributed by atoms with E-state index >= 15 is 0 Å². The maximum atomic E-state index is 6.14. The van der Waals surface area contributed by atoms with Crippen molar-refractivity contribution in [2.45, 2.75) is 6.92 Å². The van der Waals surface area contributed by atoms with E-state index in [0.29, 0.717) is 32.3 Å². The van der Waals surface area contributed by atoms with Crippen molar-refractivity contribution in [3.63, 3.8) is 0 Å². The lowest BCUT2D eigenvalue weighted by atomic mass is 10.0. The minimum absolute atomic E-state index is 0.663. The van der Waals surface area contributed by atoms with E-state index < -0.39 is 0 Å². The molecule has 1 saturated heterocycles. The highest BCUT2D eigenvalue weighted by Gasteiger charge is 2.22. The average molecular weight is 435 g/mol. The predicted molar refractivity (Wildman–Crippen MR) is 129 cm³/mol. The zero-order valence-corrected chi connectivity index (χ0v) is 18.9. The number of hydrogen-bond acceptors (Lipinski definition) is 8. The molecular weight excluding hydrogens is 404 g/mol. The Kier molecular flexibility index (Phi) is 6.77. The van der Waals surface area contributed by atoms with Crippen molar-refractivity contribution >= 4 is 28.3 Å². The fraction of sp³-hybridized carbons (Fsp3) is 0.391. The molecule has 168 valence electrons. The number of aromatic amines is 1. The third-order valence-electron chi connectivity index (χ3n) is 5.34. The number of nitrogens with one attached hydrogen (secondary N) is 1. The summed E-state index contributed by atoms with van der Waals surface area (Å²) in [5.41, 5.74) is 12.4. The van der Waals surface area contributed by atoms with Crippen molar-refractivity contribution in [3.8, 4) is 11.3 Å². The highest BCUT2D eigenvalue weighted by atomic mass is 16.5. The van der Waals surface area contributed by atoms with E-state index in [1.54, 1.807) is 18.6 Å². The van der Waals surface area contributed by atoms with Gasteiger partial charge in [0.1, 0.15) is 11.2 Å². The molecule has 3 aromatic heterocycles. The zero-order chi connectivity index (χ0) is 22.5.